The quantitative estimate of drug-likeness (QED) is 0.663. The van der Waals surface area contributed by atoms with E-state index in [1.807, 2.05) is 0 Å². The van der Waals surface area contributed by atoms with Crippen molar-refractivity contribution in [3.05, 3.63) is 35.9 Å². The smallest absolute Gasteiger partial charge is 0.0248 e. The van der Waals surface area contributed by atoms with Crippen molar-refractivity contribution in [3.63, 3.8) is 0 Å². The summed E-state index contributed by atoms with van der Waals surface area (Å²) in [7, 11) is 0. The molecule has 2 aliphatic carbocycles. The van der Waals surface area contributed by atoms with Crippen molar-refractivity contribution >= 4 is 0 Å². The van der Waals surface area contributed by atoms with Crippen LogP contribution in [0.1, 0.15) is 25.3 Å². The summed E-state index contributed by atoms with van der Waals surface area (Å²) in [6.07, 6.45) is 4.33. The molecule has 1 aromatic carbocycles. The van der Waals surface area contributed by atoms with Gasteiger partial charge in [0.2, 0.25) is 0 Å². The fourth-order valence-corrected chi connectivity index (χ4v) is 3.41. The molecule has 0 heterocycles. The number of rotatable bonds is 2. The Balaban J connectivity index is 1.69. The van der Waals surface area contributed by atoms with Crippen LogP contribution in [0.25, 0.3) is 0 Å². The molecule has 0 saturated heterocycles. The van der Waals surface area contributed by atoms with Crippen LogP contribution < -0.4 is 0 Å². The zero-order chi connectivity index (χ0) is 9.54. The Hall–Kier alpha value is -0.780. The van der Waals surface area contributed by atoms with Crippen LogP contribution in [-0.2, 0) is 6.42 Å². The maximum Gasteiger partial charge on any atom is -0.0248 e. The summed E-state index contributed by atoms with van der Waals surface area (Å²) in [5.41, 5.74) is 1.54. The Labute approximate surface area is 86.3 Å². The maximum atomic E-state index is 2.44. The lowest BCUT2D eigenvalue weighted by Gasteiger charge is -2.13. The molecule has 1 aromatic rings. The van der Waals surface area contributed by atoms with E-state index in [1.54, 1.807) is 0 Å². The Morgan fingerprint density at radius 1 is 1.07 bits per heavy atom. The normalized spacial score (nSPS) is 39.5. The molecule has 4 atom stereocenters. The van der Waals surface area contributed by atoms with Gasteiger partial charge in [-0.3, -0.25) is 0 Å². The van der Waals surface area contributed by atoms with Crippen molar-refractivity contribution in [1.29, 1.82) is 0 Å². The summed E-state index contributed by atoms with van der Waals surface area (Å²) in [4.78, 5) is 0. The molecule has 2 aliphatic rings. The van der Waals surface area contributed by atoms with Crippen LogP contribution in [-0.4, -0.2) is 0 Å². The first-order chi connectivity index (χ1) is 6.84. The molecule has 0 heteroatoms. The van der Waals surface area contributed by atoms with Gasteiger partial charge in [0.05, 0.1) is 0 Å². The maximum absolute atomic E-state index is 2.44. The van der Waals surface area contributed by atoms with Gasteiger partial charge in [-0.25, -0.2) is 0 Å². The fraction of sp³-hybridized carbons (Fsp3) is 0.571. The van der Waals surface area contributed by atoms with Crippen molar-refractivity contribution in [3.8, 4) is 0 Å². The van der Waals surface area contributed by atoms with Gasteiger partial charge in [0.15, 0.2) is 0 Å². The van der Waals surface area contributed by atoms with E-state index in [1.165, 1.54) is 24.8 Å². The second-order valence-electron chi connectivity index (χ2n) is 5.23. The van der Waals surface area contributed by atoms with E-state index >= 15 is 0 Å². The third-order valence-corrected chi connectivity index (χ3v) is 4.24. The summed E-state index contributed by atoms with van der Waals surface area (Å²) in [5, 5.41) is 0. The molecule has 14 heavy (non-hydrogen) atoms. The SMILES string of the molecule is C[C@@H]1C[C@@H](Cc2ccccc2)[C@@H]2C[C@@H]21. The highest BCUT2D eigenvalue weighted by Gasteiger charge is 2.51. The zero-order valence-corrected chi connectivity index (χ0v) is 8.82. The van der Waals surface area contributed by atoms with Gasteiger partial charge in [-0.05, 0) is 48.5 Å². The molecular formula is C14H18. The van der Waals surface area contributed by atoms with Crippen molar-refractivity contribution in [2.24, 2.45) is 23.7 Å². The van der Waals surface area contributed by atoms with Crippen LogP contribution in [0.2, 0.25) is 0 Å². The van der Waals surface area contributed by atoms with Gasteiger partial charge >= 0.3 is 0 Å². The first-order valence-electron chi connectivity index (χ1n) is 5.88. The average molecular weight is 186 g/mol. The molecule has 0 radical (unpaired) electrons. The summed E-state index contributed by atoms with van der Waals surface area (Å²) in [5.74, 6) is 4.19. The average Bonchev–Trinajstić information content (AvgIpc) is 2.92. The fourth-order valence-electron chi connectivity index (χ4n) is 3.41. The monoisotopic (exact) mass is 186 g/mol. The topological polar surface area (TPSA) is 0 Å². The van der Waals surface area contributed by atoms with Crippen molar-refractivity contribution in [2.75, 3.05) is 0 Å². The highest BCUT2D eigenvalue weighted by atomic mass is 14.6. The summed E-state index contributed by atoms with van der Waals surface area (Å²) in [6.45, 7) is 2.44. The van der Waals surface area contributed by atoms with Crippen LogP contribution in [0.3, 0.4) is 0 Å². The Bertz CT molecular complexity index is 314. The summed E-state index contributed by atoms with van der Waals surface area (Å²) >= 11 is 0. The number of hydrogen-bond donors (Lipinski definition) is 0. The van der Waals surface area contributed by atoms with Crippen LogP contribution in [0.5, 0.6) is 0 Å². The van der Waals surface area contributed by atoms with E-state index < -0.39 is 0 Å². The predicted octanol–water partition coefficient (Wildman–Crippen LogP) is 3.52. The van der Waals surface area contributed by atoms with Crippen molar-refractivity contribution in [1.82, 2.24) is 0 Å². The number of benzene rings is 1. The minimum atomic E-state index is 0.998. The molecular weight excluding hydrogens is 168 g/mol. The van der Waals surface area contributed by atoms with E-state index in [4.69, 9.17) is 0 Å². The van der Waals surface area contributed by atoms with Gasteiger partial charge < -0.3 is 0 Å². The van der Waals surface area contributed by atoms with Crippen LogP contribution in [0, 0.1) is 23.7 Å². The standard InChI is InChI=1S/C14H18/c1-10-7-12(14-9-13(10)14)8-11-5-3-2-4-6-11/h2-6,10,12-14H,7-9H2,1H3/t10-,12+,13-,14+/m1/s1. The third kappa shape index (κ3) is 1.37. The van der Waals surface area contributed by atoms with E-state index in [-0.39, 0.29) is 0 Å². The predicted molar refractivity (Wildman–Crippen MR) is 59.0 cm³/mol. The van der Waals surface area contributed by atoms with Gasteiger partial charge in [-0.1, -0.05) is 37.3 Å². The second kappa shape index (κ2) is 3.12. The van der Waals surface area contributed by atoms with Crippen LogP contribution >= 0.6 is 0 Å². The molecule has 0 spiro atoms. The molecule has 0 aromatic heterocycles. The minimum absolute atomic E-state index is 0.998. The molecule has 0 bridgehead atoms. The zero-order valence-electron chi connectivity index (χ0n) is 8.82. The van der Waals surface area contributed by atoms with E-state index in [0.29, 0.717) is 0 Å². The largest absolute Gasteiger partial charge is 0.0622 e. The van der Waals surface area contributed by atoms with Crippen molar-refractivity contribution in [2.45, 2.75) is 26.2 Å². The first-order valence-corrected chi connectivity index (χ1v) is 5.88. The minimum Gasteiger partial charge on any atom is -0.0622 e. The van der Waals surface area contributed by atoms with Gasteiger partial charge in [-0.15, -0.1) is 0 Å². The molecule has 0 aliphatic heterocycles. The Kier molecular flexibility index (Phi) is 1.90. The lowest BCUT2D eigenvalue weighted by molar-refractivity contribution is 0.431. The summed E-state index contributed by atoms with van der Waals surface area (Å²) < 4.78 is 0. The molecule has 74 valence electrons. The number of hydrogen-bond acceptors (Lipinski definition) is 0. The van der Waals surface area contributed by atoms with Gasteiger partial charge in [0.25, 0.3) is 0 Å². The van der Waals surface area contributed by atoms with Crippen LogP contribution in [0.15, 0.2) is 30.3 Å². The first kappa shape index (κ1) is 8.52. The Morgan fingerprint density at radius 2 is 1.86 bits per heavy atom. The molecule has 0 unspecified atom stereocenters. The molecule has 2 saturated carbocycles. The Morgan fingerprint density at radius 3 is 2.43 bits per heavy atom. The highest BCUT2D eigenvalue weighted by molar-refractivity contribution is 5.17. The van der Waals surface area contributed by atoms with Gasteiger partial charge in [0, 0.05) is 0 Å². The van der Waals surface area contributed by atoms with E-state index in [9.17, 15) is 0 Å². The highest BCUT2D eigenvalue weighted by Crippen LogP contribution is 2.59. The lowest BCUT2D eigenvalue weighted by Crippen LogP contribution is -2.05. The van der Waals surface area contributed by atoms with Gasteiger partial charge in [-0.2, -0.15) is 0 Å². The molecule has 0 amide bonds. The van der Waals surface area contributed by atoms with Crippen LogP contribution in [0.4, 0.5) is 0 Å². The lowest BCUT2D eigenvalue weighted by atomic mass is 9.92. The van der Waals surface area contributed by atoms with E-state index in [0.717, 1.165) is 23.7 Å². The molecule has 0 nitrogen and oxygen atoms in total. The van der Waals surface area contributed by atoms with Crippen molar-refractivity contribution < 1.29 is 0 Å². The number of fused-ring (bicyclic) bond motifs is 1. The summed E-state index contributed by atoms with van der Waals surface area (Å²) in [6, 6.07) is 11.0. The molecule has 0 N–H and O–H groups in total. The van der Waals surface area contributed by atoms with Gasteiger partial charge in [0.1, 0.15) is 0 Å². The molecule has 2 fully saturated rings. The third-order valence-electron chi connectivity index (χ3n) is 4.24. The van der Waals surface area contributed by atoms with E-state index in [2.05, 4.69) is 37.3 Å². The second-order valence-corrected chi connectivity index (χ2v) is 5.23. The molecule has 3 rings (SSSR count).